The van der Waals surface area contributed by atoms with Crippen molar-refractivity contribution in [2.75, 3.05) is 6.61 Å². The molecule has 2 rings (SSSR count). The lowest BCUT2D eigenvalue weighted by molar-refractivity contribution is -0.384. The van der Waals surface area contributed by atoms with Gasteiger partial charge in [-0.15, -0.1) is 0 Å². The van der Waals surface area contributed by atoms with Gasteiger partial charge in [-0.05, 0) is 29.8 Å². The zero-order valence-electron chi connectivity index (χ0n) is 13.0. The summed E-state index contributed by atoms with van der Waals surface area (Å²) < 4.78 is 5.26. The largest absolute Gasteiger partial charge is 0.484 e. The molecule has 0 spiro atoms. The van der Waals surface area contributed by atoms with Crippen LogP contribution in [0.3, 0.4) is 0 Å². The second-order valence-corrected chi connectivity index (χ2v) is 5.21. The molecule has 1 amide bonds. The number of nitro groups is 1. The molecule has 0 saturated carbocycles. The van der Waals surface area contributed by atoms with Gasteiger partial charge in [0.1, 0.15) is 5.75 Å². The molecule has 2 aromatic carbocycles. The van der Waals surface area contributed by atoms with E-state index < -0.39 is 10.8 Å². The number of halogens is 1. The van der Waals surface area contributed by atoms with E-state index in [0.29, 0.717) is 16.3 Å². The molecule has 0 heterocycles. The molecule has 0 aliphatic heterocycles. The summed E-state index contributed by atoms with van der Waals surface area (Å²) in [5.74, 6) is 0.0529. The van der Waals surface area contributed by atoms with E-state index in [1.807, 2.05) is 0 Å². The highest BCUT2D eigenvalue weighted by Crippen LogP contribution is 2.16. The van der Waals surface area contributed by atoms with Crippen LogP contribution in [0, 0.1) is 10.1 Å². The van der Waals surface area contributed by atoms with Crippen LogP contribution in [-0.2, 0) is 4.79 Å². The highest BCUT2D eigenvalue weighted by atomic mass is 35.5. The first-order valence-electron chi connectivity index (χ1n) is 7.16. The van der Waals surface area contributed by atoms with E-state index in [1.54, 1.807) is 48.6 Å². The number of benzene rings is 2. The molecular weight excluding hydrogens is 346 g/mol. The first-order valence-corrected chi connectivity index (χ1v) is 7.54. The molecule has 1 N–H and O–H groups in total. The molecule has 0 aliphatic carbocycles. The maximum atomic E-state index is 11.6. The van der Waals surface area contributed by atoms with Crippen molar-refractivity contribution in [2.24, 2.45) is 5.10 Å². The molecule has 0 bridgehead atoms. The van der Waals surface area contributed by atoms with E-state index in [9.17, 15) is 14.9 Å². The van der Waals surface area contributed by atoms with Gasteiger partial charge in [-0.25, -0.2) is 5.43 Å². The third-order valence-corrected chi connectivity index (χ3v) is 3.12. The Kier molecular flexibility index (Phi) is 6.67. The smallest absolute Gasteiger partial charge is 0.277 e. The van der Waals surface area contributed by atoms with Gasteiger partial charge in [-0.3, -0.25) is 14.9 Å². The van der Waals surface area contributed by atoms with Crippen molar-refractivity contribution in [1.29, 1.82) is 0 Å². The Bertz CT molecular complexity index is 821. The quantitative estimate of drug-likeness (QED) is 0.465. The Morgan fingerprint density at radius 2 is 2.08 bits per heavy atom. The van der Waals surface area contributed by atoms with Gasteiger partial charge in [-0.1, -0.05) is 35.9 Å². The van der Waals surface area contributed by atoms with E-state index in [2.05, 4.69) is 10.5 Å². The topological polar surface area (TPSA) is 93.8 Å². The van der Waals surface area contributed by atoms with E-state index in [1.165, 1.54) is 18.3 Å². The van der Waals surface area contributed by atoms with E-state index in [-0.39, 0.29) is 12.3 Å². The van der Waals surface area contributed by atoms with Gasteiger partial charge in [0, 0.05) is 23.4 Å². The lowest BCUT2D eigenvalue weighted by Crippen LogP contribution is -2.24. The summed E-state index contributed by atoms with van der Waals surface area (Å²) in [5.41, 5.74) is 2.95. The van der Waals surface area contributed by atoms with Gasteiger partial charge in [0.05, 0.1) is 4.92 Å². The second kappa shape index (κ2) is 9.19. The minimum Gasteiger partial charge on any atom is -0.484 e. The average molecular weight is 360 g/mol. The van der Waals surface area contributed by atoms with Crippen LogP contribution < -0.4 is 10.2 Å². The van der Waals surface area contributed by atoms with Gasteiger partial charge in [0.25, 0.3) is 11.6 Å². The summed E-state index contributed by atoms with van der Waals surface area (Å²) >= 11 is 5.81. The SMILES string of the molecule is O=C(COc1cccc(Cl)c1)NN=CC=Cc1cccc([N+](=O)[O-])c1. The van der Waals surface area contributed by atoms with Crippen LogP contribution in [0.4, 0.5) is 5.69 Å². The van der Waals surface area contributed by atoms with Crippen LogP contribution in [0.15, 0.2) is 59.7 Å². The Labute approximate surface area is 148 Å². The monoisotopic (exact) mass is 359 g/mol. The number of hydrazone groups is 1. The molecular formula is C17H14ClN3O4. The van der Waals surface area contributed by atoms with Crippen LogP contribution in [0.25, 0.3) is 6.08 Å². The molecule has 25 heavy (non-hydrogen) atoms. The van der Waals surface area contributed by atoms with Crippen molar-refractivity contribution in [1.82, 2.24) is 5.43 Å². The van der Waals surface area contributed by atoms with Crippen molar-refractivity contribution in [3.8, 4) is 5.75 Å². The number of nitrogens with one attached hydrogen (secondary N) is 1. The van der Waals surface area contributed by atoms with Crippen molar-refractivity contribution in [2.45, 2.75) is 0 Å². The summed E-state index contributed by atoms with van der Waals surface area (Å²) in [6.45, 7) is -0.202. The Morgan fingerprint density at radius 3 is 2.84 bits per heavy atom. The van der Waals surface area contributed by atoms with Crippen molar-refractivity contribution >= 4 is 35.5 Å². The second-order valence-electron chi connectivity index (χ2n) is 4.77. The minimum atomic E-state index is -0.467. The lowest BCUT2D eigenvalue weighted by Gasteiger charge is -2.04. The number of hydrogen-bond donors (Lipinski definition) is 1. The van der Waals surface area contributed by atoms with Gasteiger partial charge in [-0.2, -0.15) is 5.10 Å². The zero-order chi connectivity index (χ0) is 18.1. The fourth-order valence-electron chi connectivity index (χ4n) is 1.79. The number of nitrogens with zero attached hydrogens (tertiary/aromatic N) is 2. The molecule has 0 radical (unpaired) electrons. The molecule has 0 aliphatic rings. The molecule has 0 saturated heterocycles. The average Bonchev–Trinajstić information content (AvgIpc) is 2.60. The molecule has 7 nitrogen and oxygen atoms in total. The summed E-state index contributed by atoms with van der Waals surface area (Å²) in [6, 6.07) is 12.8. The number of carbonyl (C=O) groups excluding carboxylic acids is 1. The van der Waals surface area contributed by atoms with E-state index in [4.69, 9.17) is 16.3 Å². The predicted octanol–water partition coefficient (Wildman–Crippen LogP) is 3.44. The maximum absolute atomic E-state index is 11.6. The summed E-state index contributed by atoms with van der Waals surface area (Å²) in [6.07, 6.45) is 4.54. The number of allylic oxidation sites excluding steroid dienone is 1. The van der Waals surface area contributed by atoms with Crippen LogP contribution in [0.1, 0.15) is 5.56 Å². The third kappa shape index (κ3) is 6.44. The number of ether oxygens (including phenoxy) is 1. The molecule has 0 atom stereocenters. The highest BCUT2D eigenvalue weighted by Gasteiger charge is 2.03. The van der Waals surface area contributed by atoms with Crippen molar-refractivity contribution < 1.29 is 14.5 Å². The summed E-state index contributed by atoms with van der Waals surface area (Å²) in [4.78, 5) is 21.8. The minimum absolute atomic E-state index is 0.00514. The van der Waals surface area contributed by atoms with Crippen molar-refractivity contribution in [3.63, 3.8) is 0 Å². The fourth-order valence-corrected chi connectivity index (χ4v) is 1.97. The third-order valence-electron chi connectivity index (χ3n) is 2.89. The lowest BCUT2D eigenvalue weighted by atomic mass is 10.2. The van der Waals surface area contributed by atoms with Gasteiger partial charge in [0.2, 0.25) is 0 Å². The molecule has 2 aromatic rings. The molecule has 8 heteroatoms. The number of hydrogen-bond acceptors (Lipinski definition) is 5. The first kappa shape index (κ1) is 18.2. The van der Waals surface area contributed by atoms with Gasteiger partial charge >= 0.3 is 0 Å². The standard InChI is InChI=1S/C17H14ClN3O4/c18-14-6-2-8-16(11-14)25-12-17(22)20-19-9-3-5-13-4-1-7-15(10-13)21(23)24/h1-11H,12H2,(H,20,22). The highest BCUT2D eigenvalue weighted by molar-refractivity contribution is 6.30. The first-order chi connectivity index (χ1) is 12.0. The number of carbonyl (C=O) groups is 1. The number of amides is 1. The molecule has 0 aromatic heterocycles. The number of nitro benzene ring substituents is 1. The predicted molar refractivity (Wildman–Crippen MR) is 95.7 cm³/mol. The van der Waals surface area contributed by atoms with E-state index in [0.717, 1.165) is 0 Å². The Morgan fingerprint density at radius 1 is 1.28 bits per heavy atom. The van der Waals surface area contributed by atoms with Crippen molar-refractivity contribution in [3.05, 3.63) is 75.3 Å². The number of rotatable bonds is 7. The Hall–Kier alpha value is -3.19. The molecule has 128 valence electrons. The van der Waals surface area contributed by atoms with Crippen LogP contribution in [0.5, 0.6) is 5.75 Å². The number of non-ortho nitro benzene ring substituents is 1. The van der Waals surface area contributed by atoms with Gasteiger partial charge < -0.3 is 4.74 Å². The summed E-state index contributed by atoms with van der Waals surface area (Å²) in [5, 5.41) is 14.9. The van der Waals surface area contributed by atoms with Gasteiger partial charge in [0.15, 0.2) is 6.61 Å². The normalized spacial score (nSPS) is 10.9. The van der Waals surface area contributed by atoms with E-state index >= 15 is 0 Å². The fraction of sp³-hybridized carbons (Fsp3) is 0.0588. The zero-order valence-corrected chi connectivity index (χ0v) is 13.7. The molecule has 0 fully saturated rings. The molecule has 0 unspecified atom stereocenters. The maximum Gasteiger partial charge on any atom is 0.277 e. The van der Waals surface area contributed by atoms with Crippen LogP contribution >= 0.6 is 11.6 Å². The Balaban J connectivity index is 1.77. The van der Waals surface area contributed by atoms with Crippen LogP contribution in [-0.4, -0.2) is 23.7 Å². The van der Waals surface area contributed by atoms with Crippen LogP contribution in [0.2, 0.25) is 5.02 Å². The summed E-state index contributed by atoms with van der Waals surface area (Å²) in [7, 11) is 0.